The Labute approximate surface area is 324 Å². The second-order valence-electron chi connectivity index (χ2n) is 14.1. The smallest absolute Gasteiger partial charge is 0.137 e. The molecule has 0 bridgehead atoms. The van der Waals surface area contributed by atoms with Gasteiger partial charge in [-0.25, -0.2) is 0 Å². The van der Waals surface area contributed by atoms with Crippen LogP contribution in [0.4, 0.5) is 34.1 Å². The number of benzene rings is 9. The minimum atomic E-state index is 0.818. The minimum absolute atomic E-state index is 0.818. The molecule has 9 aromatic carbocycles. The Morgan fingerprint density at radius 1 is 0.304 bits per heavy atom. The van der Waals surface area contributed by atoms with Gasteiger partial charge in [-0.15, -0.1) is 0 Å². The number of fused-ring (bicyclic) bond motifs is 6. The van der Waals surface area contributed by atoms with Crippen LogP contribution in [0, 0.1) is 0 Å². The third kappa shape index (κ3) is 5.31. The number of rotatable bonds is 7. The molecular formula is C52H34N2O2. The van der Waals surface area contributed by atoms with Gasteiger partial charge in [0.25, 0.3) is 0 Å². The third-order valence-electron chi connectivity index (χ3n) is 10.8. The average Bonchev–Trinajstić information content (AvgIpc) is 3.64. The molecule has 0 saturated carbocycles. The van der Waals surface area contributed by atoms with E-state index in [1.54, 1.807) is 0 Å². The Bertz CT molecular complexity index is 2950. The first kappa shape index (κ1) is 31.9. The van der Waals surface area contributed by atoms with Crippen molar-refractivity contribution in [3.63, 3.8) is 0 Å². The van der Waals surface area contributed by atoms with Gasteiger partial charge in [0.2, 0.25) is 0 Å². The molecule has 11 rings (SSSR count). The van der Waals surface area contributed by atoms with Crippen molar-refractivity contribution in [3.05, 3.63) is 206 Å². The van der Waals surface area contributed by atoms with Gasteiger partial charge in [0, 0.05) is 67.5 Å². The summed E-state index contributed by atoms with van der Waals surface area (Å²) >= 11 is 0. The predicted molar refractivity (Wildman–Crippen MR) is 232 cm³/mol. The van der Waals surface area contributed by atoms with Crippen LogP contribution in [0.3, 0.4) is 0 Å². The highest BCUT2D eigenvalue weighted by atomic mass is 16.5. The van der Waals surface area contributed by atoms with Crippen molar-refractivity contribution >= 4 is 66.8 Å². The van der Waals surface area contributed by atoms with Crippen molar-refractivity contribution < 1.29 is 9.15 Å². The lowest BCUT2D eigenvalue weighted by atomic mass is 9.91. The van der Waals surface area contributed by atoms with E-state index in [2.05, 4.69) is 204 Å². The lowest BCUT2D eigenvalue weighted by Crippen LogP contribution is -2.10. The van der Waals surface area contributed by atoms with Gasteiger partial charge in [-0.2, -0.15) is 0 Å². The predicted octanol–water partition coefficient (Wildman–Crippen LogP) is 15.1. The minimum Gasteiger partial charge on any atom is -0.456 e. The highest BCUT2D eigenvalue weighted by Crippen LogP contribution is 2.52. The quantitative estimate of drug-likeness (QED) is 0.164. The van der Waals surface area contributed by atoms with Crippen molar-refractivity contribution in [2.24, 2.45) is 0 Å². The van der Waals surface area contributed by atoms with Crippen molar-refractivity contribution in [1.29, 1.82) is 0 Å². The highest BCUT2D eigenvalue weighted by molar-refractivity contribution is 6.24. The number of anilines is 6. The van der Waals surface area contributed by atoms with Crippen LogP contribution in [0.15, 0.2) is 211 Å². The summed E-state index contributed by atoms with van der Waals surface area (Å²) in [5, 5.41) is 4.42. The Balaban J connectivity index is 0.987. The lowest BCUT2D eigenvalue weighted by molar-refractivity contribution is 0.487. The number of furan rings is 1. The van der Waals surface area contributed by atoms with Gasteiger partial charge in [0.05, 0.1) is 0 Å². The summed E-state index contributed by atoms with van der Waals surface area (Å²) in [6, 6.07) is 72.3. The fourth-order valence-electron chi connectivity index (χ4n) is 8.27. The first-order valence-corrected chi connectivity index (χ1v) is 18.9. The SMILES string of the molecule is c1ccc(N(c2ccccc2)c2ccc(-c3ccc4c(c3)oc3cc5c6c(cccc6c34)Oc3cc(N(c4ccccc4)c4ccccc4)ccc3-5)cc2)cc1. The molecule has 0 fully saturated rings. The van der Waals surface area contributed by atoms with Crippen LogP contribution in [-0.2, 0) is 0 Å². The van der Waals surface area contributed by atoms with E-state index in [-0.39, 0.29) is 0 Å². The molecular weight excluding hydrogens is 685 g/mol. The second kappa shape index (κ2) is 13.1. The van der Waals surface area contributed by atoms with E-state index in [0.29, 0.717) is 0 Å². The lowest BCUT2D eigenvalue weighted by Gasteiger charge is -2.28. The van der Waals surface area contributed by atoms with E-state index >= 15 is 0 Å². The highest BCUT2D eigenvalue weighted by Gasteiger charge is 2.25. The van der Waals surface area contributed by atoms with E-state index in [0.717, 1.165) is 101 Å². The zero-order chi connectivity index (χ0) is 37.0. The zero-order valence-corrected chi connectivity index (χ0v) is 30.3. The van der Waals surface area contributed by atoms with Gasteiger partial charge in [-0.1, -0.05) is 103 Å². The number of nitrogens with zero attached hydrogens (tertiary/aromatic N) is 2. The molecule has 0 unspecified atom stereocenters. The first-order valence-electron chi connectivity index (χ1n) is 18.9. The summed E-state index contributed by atoms with van der Waals surface area (Å²) in [7, 11) is 0. The molecule has 264 valence electrons. The van der Waals surface area contributed by atoms with Crippen LogP contribution in [0.5, 0.6) is 11.5 Å². The van der Waals surface area contributed by atoms with E-state index in [1.807, 2.05) is 12.1 Å². The van der Waals surface area contributed by atoms with Gasteiger partial charge < -0.3 is 19.0 Å². The molecule has 2 heterocycles. The number of hydrogen-bond donors (Lipinski definition) is 0. The monoisotopic (exact) mass is 718 g/mol. The summed E-state index contributed by atoms with van der Waals surface area (Å²) in [5.41, 5.74) is 12.6. The van der Waals surface area contributed by atoms with Crippen LogP contribution < -0.4 is 14.5 Å². The van der Waals surface area contributed by atoms with E-state index < -0.39 is 0 Å². The number of hydrogen-bond acceptors (Lipinski definition) is 4. The molecule has 10 aromatic rings. The molecule has 0 amide bonds. The normalized spacial score (nSPS) is 11.7. The molecule has 4 nitrogen and oxygen atoms in total. The van der Waals surface area contributed by atoms with Crippen LogP contribution in [-0.4, -0.2) is 0 Å². The van der Waals surface area contributed by atoms with Gasteiger partial charge in [-0.05, 0) is 114 Å². The molecule has 56 heavy (non-hydrogen) atoms. The van der Waals surface area contributed by atoms with E-state index in [1.165, 1.54) is 0 Å². The molecule has 1 aliphatic heterocycles. The van der Waals surface area contributed by atoms with Gasteiger partial charge in [-0.3, -0.25) is 0 Å². The van der Waals surface area contributed by atoms with Gasteiger partial charge >= 0.3 is 0 Å². The Hall–Kier alpha value is -7.56. The van der Waals surface area contributed by atoms with Gasteiger partial charge in [0.15, 0.2) is 0 Å². The molecule has 1 aliphatic rings. The molecule has 0 aliphatic carbocycles. The fourth-order valence-corrected chi connectivity index (χ4v) is 8.27. The number of para-hydroxylation sites is 4. The van der Waals surface area contributed by atoms with Crippen molar-refractivity contribution in [2.75, 3.05) is 9.80 Å². The summed E-state index contributed by atoms with van der Waals surface area (Å²) < 4.78 is 13.5. The maximum Gasteiger partial charge on any atom is 0.137 e. The van der Waals surface area contributed by atoms with Crippen molar-refractivity contribution in [2.45, 2.75) is 0 Å². The molecule has 0 spiro atoms. The molecule has 0 N–H and O–H groups in total. The maximum atomic E-state index is 6.75. The van der Waals surface area contributed by atoms with Crippen LogP contribution >= 0.6 is 0 Å². The van der Waals surface area contributed by atoms with E-state index in [9.17, 15) is 0 Å². The topological polar surface area (TPSA) is 28.9 Å². The van der Waals surface area contributed by atoms with Crippen molar-refractivity contribution in [3.8, 4) is 33.8 Å². The molecule has 0 atom stereocenters. The molecule has 1 aromatic heterocycles. The summed E-state index contributed by atoms with van der Waals surface area (Å²) in [6.07, 6.45) is 0. The molecule has 4 heteroatoms. The summed E-state index contributed by atoms with van der Waals surface area (Å²) in [6.45, 7) is 0. The zero-order valence-electron chi connectivity index (χ0n) is 30.3. The van der Waals surface area contributed by atoms with Crippen LogP contribution in [0.1, 0.15) is 0 Å². The van der Waals surface area contributed by atoms with Gasteiger partial charge in [0.1, 0.15) is 22.7 Å². The second-order valence-corrected chi connectivity index (χ2v) is 14.1. The fraction of sp³-hybridized carbons (Fsp3) is 0. The Morgan fingerprint density at radius 3 is 1.45 bits per heavy atom. The average molecular weight is 719 g/mol. The van der Waals surface area contributed by atoms with Crippen LogP contribution in [0.2, 0.25) is 0 Å². The first-order chi connectivity index (χ1) is 27.8. The Kier molecular flexibility index (Phi) is 7.46. The standard InChI is InChI=1S/C52H34N2O2/c1-5-14-37(15-6-1)53(38-16-7-2-8-17-38)41-27-24-35(25-28-41)36-26-30-44-48(32-36)56-50-34-46-43-31-29-42(33-49(43)55-47-23-13-22-45(51(44)50)52(46)47)54(39-18-9-3-10-19-39)40-20-11-4-12-21-40/h1-34H. The number of ether oxygens (including phenoxy) is 1. The largest absolute Gasteiger partial charge is 0.456 e. The molecule has 0 radical (unpaired) electrons. The molecule has 0 saturated heterocycles. The van der Waals surface area contributed by atoms with Crippen LogP contribution in [0.25, 0.3) is 55.0 Å². The Morgan fingerprint density at radius 2 is 0.839 bits per heavy atom. The van der Waals surface area contributed by atoms with Crippen molar-refractivity contribution in [1.82, 2.24) is 0 Å². The van der Waals surface area contributed by atoms with E-state index in [4.69, 9.17) is 9.15 Å². The summed E-state index contributed by atoms with van der Waals surface area (Å²) in [4.78, 5) is 4.54. The summed E-state index contributed by atoms with van der Waals surface area (Å²) in [5.74, 6) is 1.67. The third-order valence-corrected chi connectivity index (χ3v) is 10.8. The maximum absolute atomic E-state index is 6.75.